The van der Waals surface area contributed by atoms with Crippen molar-refractivity contribution in [3.8, 4) is 0 Å². The Balaban J connectivity index is 1.66. The van der Waals surface area contributed by atoms with Crippen LogP contribution < -0.4 is 0 Å². The van der Waals surface area contributed by atoms with Crippen molar-refractivity contribution < 1.29 is 23.6 Å². The van der Waals surface area contributed by atoms with E-state index in [2.05, 4.69) is 0 Å². The molecule has 1 aliphatic carbocycles. The van der Waals surface area contributed by atoms with Gasteiger partial charge in [0, 0.05) is 43.5 Å². The van der Waals surface area contributed by atoms with E-state index >= 15 is 0 Å². The predicted molar refractivity (Wildman–Crippen MR) is 116 cm³/mol. The first-order valence-electron chi connectivity index (χ1n) is 11.7. The van der Waals surface area contributed by atoms with Crippen LogP contribution in [0.15, 0.2) is 24.3 Å². The van der Waals surface area contributed by atoms with Crippen molar-refractivity contribution in [1.82, 2.24) is 9.80 Å². The number of Topliss-reactive ketones (excluding diaryl/α,β-unsaturated/α-hetero) is 1. The SMILES string of the molecule is CC(=O)[C@H]1CCCN(C(=O)C[C@]2(c3ccccc3F)CC(=O)N(C3CCCCC3)C2=O)C1. The van der Waals surface area contributed by atoms with Gasteiger partial charge >= 0.3 is 0 Å². The van der Waals surface area contributed by atoms with Crippen LogP contribution in [-0.2, 0) is 24.6 Å². The summed E-state index contributed by atoms with van der Waals surface area (Å²) in [5, 5.41) is 0. The van der Waals surface area contributed by atoms with E-state index < -0.39 is 17.1 Å². The van der Waals surface area contributed by atoms with Crippen molar-refractivity contribution in [3.63, 3.8) is 0 Å². The van der Waals surface area contributed by atoms with Gasteiger partial charge in [-0.15, -0.1) is 0 Å². The van der Waals surface area contributed by atoms with E-state index in [4.69, 9.17) is 0 Å². The summed E-state index contributed by atoms with van der Waals surface area (Å²) in [6, 6.07) is 5.79. The second-order valence-corrected chi connectivity index (χ2v) is 9.57. The summed E-state index contributed by atoms with van der Waals surface area (Å²) in [7, 11) is 0. The minimum Gasteiger partial charge on any atom is -0.342 e. The highest BCUT2D eigenvalue weighted by Gasteiger charge is 2.56. The molecule has 2 aliphatic heterocycles. The maximum Gasteiger partial charge on any atom is 0.241 e. The Kier molecular flexibility index (Phi) is 6.45. The molecular weight excluding hydrogens is 411 g/mol. The zero-order chi connectivity index (χ0) is 22.9. The lowest BCUT2D eigenvalue weighted by Crippen LogP contribution is -2.49. The molecule has 3 fully saturated rings. The molecule has 1 aromatic rings. The van der Waals surface area contributed by atoms with Crippen LogP contribution in [0.2, 0.25) is 0 Å². The molecule has 1 aromatic carbocycles. The zero-order valence-electron chi connectivity index (χ0n) is 18.6. The number of hydrogen-bond acceptors (Lipinski definition) is 4. The van der Waals surface area contributed by atoms with Gasteiger partial charge in [-0.2, -0.15) is 0 Å². The monoisotopic (exact) mass is 442 g/mol. The summed E-state index contributed by atoms with van der Waals surface area (Å²) >= 11 is 0. The molecule has 0 bridgehead atoms. The third-order valence-corrected chi connectivity index (χ3v) is 7.48. The molecule has 0 radical (unpaired) electrons. The van der Waals surface area contributed by atoms with Crippen LogP contribution in [0.1, 0.15) is 70.3 Å². The van der Waals surface area contributed by atoms with Crippen molar-refractivity contribution in [1.29, 1.82) is 0 Å². The van der Waals surface area contributed by atoms with Crippen molar-refractivity contribution >= 4 is 23.5 Å². The molecular formula is C25H31FN2O4. The average molecular weight is 443 g/mol. The smallest absolute Gasteiger partial charge is 0.241 e. The van der Waals surface area contributed by atoms with Gasteiger partial charge < -0.3 is 4.90 Å². The van der Waals surface area contributed by atoms with Crippen LogP contribution in [0.3, 0.4) is 0 Å². The van der Waals surface area contributed by atoms with Crippen LogP contribution in [0.4, 0.5) is 4.39 Å². The van der Waals surface area contributed by atoms with Gasteiger partial charge in [-0.1, -0.05) is 37.5 Å². The third kappa shape index (κ3) is 4.09. The van der Waals surface area contributed by atoms with Gasteiger partial charge in [-0.3, -0.25) is 24.1 Å². The highest BCUT2D eigenvalue weighted by molar-refractivity contribution is 6.11. The fraction of sp³-hybridized carbons (Fsp3) is 0.600. The van der Waals surface area contributed by atoms with E-state index in [1.807, 2.05) is 0 Å². The van der Waals surface area contributed by atoms with Crippen molar-refractivity contribution in [3.05, 3.63) is 35.6 Å². The second-order valence-electron chi connectivity index (χ2n) is 9.57. The molecule has 0 N–H and O–H groups in total. The first-order chi connectivity index (χ1) is 15.3. The summed E-state index contributed by atoms with van der Waals surface area (Å²) in [5.41, 5.74) is -1.41. The first kappa shape index (κ1) is 22.6. The maximum atomic E-state index is 15.0. The van der Waals surface area contributed by atoms with E-state index in [1.54, 1.807) is 11.0 Å². The molecule has 1 saturated carbocycles. The lowest BCUT2D eigenvalue weighted by molar-refractivity contribution is -0.146. The summed E-state index contributed by atoms with van der Waals surface area (Å²) in [6.45, 7) is 2.35. The molecule has 172 valence electrons. The van der Waals surface area contributed by atoms with Gasteiger partial charge in [0.05, 0.1) is 5.41 Å². The van der Waals surface area contributed by atoms with Crippen LogP contribution in [-0.4, -0.2) is 52.4 Å². The Morgan fingerprint density at radius 2 is 1.78 bits per heavy atom. The maximum absolute atomic E-state index is 15.0. The summed E-state index contributed by atoms with van der Waals surface area (Å²) in [6.07, 6.45) is 5.49. The Bertz CT molecular complexity index is 926. The highest BCUT2D eigenvalue weighted by Crippen LogP contribution is 2.44. The summed E-state index contributed by atoms with van der Waals surface area (Å²) < 4.78 is 15.0. The minimum atomic E-state index is -1.53. The number of benzene rings is 1. The predicted octanol–water partition coefficient (Wildman–Crippen LogP) is 3.37. The Hall–Kier alpha value is -2.57. The second kappa shape index (κ2) is 9.12. The van der Waals surface area contributed by atoms with E-state index in [0.29, 0.717) is 19.5 Å². The largest absolute Gasteiger partial charge is 0.342 e. The molecule has 0 unspecified atom stereocenters. The number of carbonyl (C=O) groups is 4. The fourth-order valence-corrected chi connectivity index (χ4v) is 5.67. The van der Waals surface area contributed by atoms with E-state index in [9.17, 15) is 23.6 Å². The molecule has 0 aromatic heterocycles. The fourth-order valence-electron chi connectivity index (χ4n) is 5.67. The van der Waals surface area contributed by atoms with Gasteiger partial charge in [0.25, 0.3) is 0 Å². The third-order valence-electron chi connectivity index (χ3n) is 7.48. The quantitative estimate of drug-likeness (QED) is 0.656. The molecule has 7 heteroatoms. The average Bonchev–Trinajstić information content (AvgIpc) is 3.04. The molecule has 0 spiro atoms. The highest BCUT2D eigenvalue weighted by atomic mass is 19.1. The standard InChI is InChI=1S/C25H31FN2O4/c1-17(29)18-8-7-13-27(16-18)22(30)14-25(20-11-5-6-12-21(20)26)15-23(31)28(24(25)32)19-9-3-2-4-10-19/h5-6,11-12,18-19H,2-4,7-10,13-16H2,1H3/t18-,25+/m0/s1. The number of imide groups is 1. The number of halogens is 1. The number of carbonyl (C=O) groups excluding carboxylic acids is 4. The molecule has 32 heavy (non-hydrogen) atoms. The number of rotatable bonds is 5. The lowest BCUT2D eigenvalue weighted by Gasteiger charge is -2.36. The van der Waals surface area contributed by atoms with E-state index in [-0.39, 0.29) is 48.0 Å². The Morgan fingerprint density at radius 3 is 2.47 bits per heavy atom. The summed E-state index contributed by atoms with van der Waals surface area (Å²) in [4.78, 5) is 55.0. The molecule has 3 amide bonds. The Morgan fingerprint density at radius 1 is 1.06 bits per heavy atom. The van der Waals surface area contributed by atoms with Gasteiger partial charge in [0.2, 0.25) is 17.7 Å². The van der Waals surface area contributed by atoms with Crippen LogP contribution >= 0.6 is 0 Å². The van der Waals surface area contributed by atoms with Gasteiger partial charge in [-0.25, -0.2) is 4.39 Å². The number of hydrogen-bond donors (Lipinski definition) is 0. The molecule has 6 nitrogen and oxygen atoms in total. The van der Waals surface area contributed by atoms with Crippen molar-refractivity contribution in [2.24, 2.45) is 5.92 Å². The topological polar surface area (TPSA) is 74.8 Å². The van der Waals surface area contributed by atoms with Crippen LogP contribution in [0.5, 0.6) is 0 Å². The number of ketones is 1. The molecule has 2 atom stereocenters. The van der Waals surface area contributed by atoms with E-state index in [1.165, 1.54) is 30.0 Å². The zero-order valence-corrected chi connectivity index (χ0v) is 18.6. The van der Waals surface area contributed by atoms with Crippen LogP contribution in [0, 0.1) is 11.7 Å². The van der Waals surface area contributed by atoms with Gasteiger partial charge in [-0.05, 0) is 38.7 Å². The molecule has 3 aliphatic rings. The van der Waals surface area contributed by atoms with E-state index in [0.717, 1.165) is 38.5 Å². The molecule has 4 rings (SSSR count). The van der Waals surface area contributed by atoms with Gasteiger partial charge in [0.15, 0.2) is 0 Å². The normalized spacial score (nSPS) is 27.1. The number of likely N-dealkylation sites (tertiary alicyclic amines) is 2. The molecule has 2 heterocycles. The number of piperidine rings is 1. The summed E-state index contributed by atoms with van der Waals surface area (Å²) in [5.74, 6) is -1.82. The Labute approximate surface area is 188 Å². The minimum absolute atomic E-state index is 0.0434. The number of nitrogens with zero attached hydrogens (tertiary/aromatic N) is 2. The first-order valence-corrected chi connectivity index (χ1v) is 11.7. The van der Waals surface area contributed by atoms with Gasteiger partial charge in [0.1, 0.15) is 11.6 Å². The van der Waals surface area contributed by atoms with Crippen LogP contribution in [0.25, 0.3) is 0 Å². The molecule has 2 saturated heterocycles. The number of amides is 3. The lowest BCUT2D eigenvalue weighted by atomic mass is 9.75. The van der Waals surface area contributed by atoms with Crippen molar-refractivity contribution in [2.45, 2.75) is 76.2 Å². The van der Waals surface area contributed by atoms with Crippen molar-refractivity contribution in [2.75, 3.05) is 13.1 Å².